The van der Waals surface area contributed by atoms with Crippen LogP contribution in [0.5, 0.6) is 0 Å². The Balaban J connectivity index is 3.09. The molecule has 0 fully saturated rings. The van der Waals surface area contributed by atoms with Gasteiger partial charge in [0, 0.05) is 19.5 Å². The highest BCUT2D eigenvalue weighted by molar-refractivity contribution is 7.90. The summed E-state index contributed by atoms with van der Waals surface area (Å²) in [6.45, 7) is 0. The minimum absolute atomic E-state index is 0.0141. The summed E-state index contributed by atoms with van der Waals surface area (Å²) in [6, 6.07) is 1.32. The third kappa shape index (κ3) is 2.96. The van der Waals surface area contributed by atoms with Gasteiger partial charge in [-0.3, -0.25) is 10.2 Å². The first kappa shape index (κ1) is 11.5. The van der Waals surface area contributed by atoms with E-state index in [1.165, 1.54) is 19.3 Å². The first-order chi connectivity index (χ1) is 6.95. The summed E-state index contributed by atoms with van der Waals surface area (Å²) in [7, 11) is -1.99. The summed E-state index contributed by atoms with van der Waals surface area (Å²) in [5, 5.41) is -0.369. The fourth-order valence-electron chi connectivity index (χ4n) is 0.823. The third-order valence-electron chi connectivity index (χ3n) is 1.44. The van der Waals surface area contributed by atoms with E-state index >= 15 is 0 Å². The Labute approximate surface area is 86.8 Å². The molecule has 1 amide bonds. The maximum Gasteiger partial charge on any atom is 0.284 e. The summed E-state index contributed by atoms with van der Waals surface area (Å²) < 4.78 is 22.2. The number of carbonyl (C=O) groups is 1. The predicted octanol–water partition coefficient (Wildman–Crippen LogP) is -1.26. The van der Waals surface area contributed by atoms with Crippen LogP contribution in [0, 0.1) is 0 Å². The van der Waals surface area contributed by atoms with Crippen molar-refractivity contribution in [3.05, 3.63) is 18.0 Å². The van der Waals surface area contributed by atoms with Gasteiger partial charge in [0.25, 0.3) is 5.91 Å². The lowest BCUT2D eigenvalue weighted by Gasteiger charge is -2.02. The van der Waals surface area contributed by atoms with E-state index in [4.69, 9.17) is 0 Å². The Hall–Kier alpha value is -1.54. The molecular formula is C7H10N4O3S. The number of carbonyl (C=O) groups excluding carboxylic acids is 1. The van der Waals surface area contributed by atoms with Gasteiger partial charge >= 0.3 is 0 Å². The van der Waals surface area contributed by atoms with Crippen molar-refractivity contribution in [2.75, 3.05) is 13.3 Å². The summed E-state index contributed by atoms with van der Waals surface area (Å²) in [5.41, 5.74) is 4.67. The molecule has 2 N–H and O–H groups in total. The molecule has 0 aliphatic rings. The minimum atomic E-state index is -3.50. The minimum Gasteiger partial charge on any atom is -0.286 e. The van der Waals surface area contributed by atoms with E-state index in [9.17, 15) is 13.2 Å². The summed E-state index contributed by atoms with van der Waals surface area (Å²) in [6.07, 6.45) is 2.19. The van der Waals surface area contributed by atoms with Crippen LogP contribution in [-0.4, -0.2) is 37.6 Å². The molecule has 0 saturated carbocycles. The molecule has 1 aromatic heterocycles. The summed E-state index contributed by atoms with van der Waals surface area (Å²) >= 11 is 0. The monoisotopic (exact) mass is 230 g/mol. The van der Waals surface area contributed by atoms with E-state index < -0.39 is 15.7 Å². The molecule has 0 unspecified atom stereocenters. The Morgan fingerprint density at radius 1 is 1.47 bits per heavy atom. The standard InChI is InChI=1S/C7H10N4O3S/c1-8-11-6(12)5-3-4-9-7(10-5)15(2,13)14/h3-4,8H,1-2H3,(H,11,12). The van der Waals surface area contributed by atoms with E-state index in [1.807, 2.05) is 0 Å². The molecule has 82 valence electrons. The van der Waals surface area contributed by atoms with Crippen molar-refractivity contribution < 1.29 is 13.2 Å². The van der Waals surface area contributed by atoms with Crippen molar-refractivity contribution in [3.63, 3.8) is 0 Å². The van der Waals surface area contributed by atoms with Gasteiger partial charge in [0.15, 0.2) is 0 Å². The van der Waals surface area contributed by atoms with Gasteiger partial charge in [-0.1, -0.05) is 0 Å². The highest BCUT2D eigenvalue weighted by Crippen LogP contribution is 2.01. The summed E-state index contributed by atoms with van der Waals surface area (Å²) in [5.74, 6) is -0.523. The van der Waals surface area contributed by atoms with Crippen LogP contribution in [0.2, 0.25) is 0 Å². The van der Waals surface area contributed by atoms with Gasteiger partial charge in [0.1, 0.15) is 5.69 Å². The highest BCUT2D eigenvalue weighted by atomic mass is 32.2. The van der Waals surface area contributed by atoms with Gasteiger partial charge < -0.3 is 0 Å². The van der Waals surface area contributed by atoms with Gasteiger partial charge in [-0.25, -0.2) is 23.8 Å². The summed E-state index contributed by atoms with van der Waals surface area (Å²) in [4.78, 5) is 18.4. The molecule has 0 aliphatic heterocycles. The molecule has 0 bridgehead atoms. The van der Waals surface area contributed by atoms with E-state index in [1.54, 1.807) is 0 Å². The van der Waals surface area contributed by atoms with Crippen LogP contribution in [-0.2, 0) is 9.84 Å². The maximum absolute atomic E-state index is 11.3. The molecule has 0 aromatic carbocycles. The topological polar surface area (TPSA) is 101 Å². The highest BCUT2D eigenvalue weighted by Gasteiger charge is 2.14. The molecule has 0 radical (unpaired) electrons. The zero-order valence-corrected chi connectivity index (χ0v) is 9.00. The molecule has 0 atom stereocenters. The quantitative estimate of drug-likeness (QED) is 0.496. The number of nitrogens with zero attached hydrogens (tertiary/aromatic N) is 2. The van der Waals surface area contributed by atoms with Crippen LogP contribution in [0.15, 0.2) is 17.4 Å². The molecule has 0 aliphatic carbocycles. The number of aromatic nitrogens is 2. The van der Waals surface area contributed by atoms with E-state index in [0.717, 1.165) is 6.26 Å². The third-order valence-corrected chi connectivity index (χ3v) is 2.30. The van der Waals surface area contributed by atoms with Crippen LogP contribution in [0.1, 0.15) is 10.5 Å². The van der Waals surface area contributed by atoms with Crippen LogP contribution in [0.25, 0.3) is 0 Å². The largest absolute Gasteiger partial charge is 0.286 e. The predicted molar refractivity (Wildman–Crippen MR) is 51.7 cm³/mol. The normalized spacial score (nSPS) is 11.1. The number of rotatable bonds is 3. The second kappa shape index (κ2) is 4.32. The lowest BCUT2D eigenvalue weighted by molar-refractivity contribution is 0.0932. The lowest BCUT2D eigenvalue weighted by atomic mass is 10.4. The zero-order valence-electron chi connectivity index (χ0n) is 8.18. The number of hydrogen-bond donors (Lipinski definition) is 2. The molecule has 1 aromatic rings. The lowest BCUT2D eigenvalue weighted by Crippen LogP contribution is -2.34. The molecule has 1 rings (SSSR count). The van der Waals surface area contributed by atoms with Gasteiger partial charge in [-0.2, -0.15) is 0 Å². The van der Waals surface area contributed by atoms with Crippen molar-refractivity contribution in [1.29, 1.82) is 0 Å². The molecule has 15 heavy (non-hydrogen) atoms. The molecule has 0 spiro atoms. The van der Waals surface area contributed by atoms with Crippen LogP contribution in [0.3, 0.4) is 0 Å². The van der Waals surface area contributed by atoms with Crippen molar-refractivity contribution in [1.82, 2.24) is 20.8 Å². The molecular weight excluding hydrogens is 220 g/mol. The average Bonchev–Trinajstić information content (AvgIpc) is 2.17. The fraction of sp³-hybridized carbons (Fsp3) is 0.286. The van der Waals surface area contributed by atoms with Gasteiger partial charge in [0.05, 0.1) is 0 Å². The van der Waals surface area contributed by atoms with Crippen LogP contribution < -0.4 is 10.9 Å². The van der Waals surface area contributed by atoms with E-state index in [0.29, 0.717) is 0 Å². The molecule has 0 saturated heterocycles. The average molecular weight is 230 g/mol. The van der Waals surface area contributed by atoms with Gasteiger partial charge in [-0.05, 0) is 6.07 Å². The van der Waals surface area contributed by atoms with Gasteiger partial charge in [0.2, 0.25) is 15.0 Å². The first-order valence-corrected chi connectivity index (χ1v) is 5.84. The Kier molecular flexibility index (Phi) is 3.32. The van der Waals surface area contributed by atoms with E-state index in [-0.39, 0.29) is 10.9 Å². The number of sulfone groups is 1. The van der Waals surface area contributed by atoms with Crippen molar-refractivity contribution in [3.8, 4) is 0 Å². The van der Waals surface area contributed by atoms with Crippen molar-refractivity contribution in [2.45, 2.75) is 5.16 Å². The molecule has 1 heterocycles. The fourth-order valence-corrected chi connectivity index (χ4v) is 1.34. The Bertz CT molecular complexity index is 471. The number of hydrogen-bond acceptors (Lipinski definition) is 6. The Morgan fingerprint density at radius 2 is 2.13 bits per heavy atom. The number of amides is 1. The first-order valence-electron chi connectivity index (χ1n) is 3.95. The maximum atomic E-state index is 11.3. The van der Waals surface area contributed by atoms with E-state index in [2.05, 4.69) is 20.8 Å². The molecule has 7 nitrogen and oxygen atoms in total. The molecule has 8 heteroatoms. The smallest absolute Gasteiger partial charge is 0.284 e. The second-order valence-corrected chi connectivity index (χ2v) is 4.61. The zero-order chi connectivity index (χ0) is 11.5. The Morgan fingerprint density at radius 3 is 2.67 bits per heavy atom. The van der Waals surface area contributed by atoms with Crippen LogP contribution >= 0.6 is 0 Å². The van der Waals surface area contributed by atoms with Gasteiger partial charge in [-0.15, -0.1) is 0 Å². The number of nitrogens with one attached hydrogen (secondary N) is 2. The van der Waals surface area contributed by atoms with Crippen molar-refractivity contribution in [2.24, 2.45) is 0 Å². The second-order valence-electron chi connectivity index (χ2n) is 2.70. The SMILES string of the molecule is CNNC(=O)c1ccnc(S(C)(=O)=O)n1. The number of hydrazine groups is 1. The van der Waals surface area contributed by atoms with Crippen LogP contribution in [0.4, 0.5) is 0 Å². The van der Waals surface area contributed by atoms with Crippen molar-refractivity contribution >= 4 is 15.7 Å².